The summed E-state index contributed by atoms with van der Waals surface area (Å²) < 4.78 is 0. The Morgan fingerprint density at radius 1 is 1.50 bits per heavy atom. The molecule has 0 aromatic carbocycles. The highest BCUT2D eigenvalue weighted by Gasteiger charge is 2.49. The Morgan fingerprint density at radius 2 is 2.06 bits per heavy atom. The maximum absolute atomic E-state index is 12.1. The smallest absolute Gasteiger partial charge is 0.326 e. The maximum atomic E-state index is 12.1. The summed E-state index contributed by atoms with van der Waals surface area (Å²) >= 11 is 0. The van der Waals surface area contributed by atoms with Crippen molar-refractivity contribution in [3.05, 3.63) is 0 Å². The molecule has 0 aromatic heterocycles. The molecule has 1 aliphatic rings. The van der Waals surface area contributed by atoms with Crippen LogP contribution in [0.3, 0.4) is 0 Å². The molecule has 2 N–H and O–H groups in total. The summed E-state index contributed by atoms with van der Waals surface area (Å²) in [4.78, 5) is 50.9. The van der Waals surface area contributed by atoms with Gasteiger partial charge in [0.1, 0.15) is 5.92 Å². The minimum absolute atomic E-state index is 0.459. The number of carboxylic acids is 1. The van der Waals surface area contributed by atoms with Gasteiger partial charge in [0, 0.05) is 0 Å². The molecule has 7 heteroatoms. The summed E-state index contributed by atoms with van der Waals surface area (Å²) in [6, 6.07) is -0.855. The van der Waals surface area contributed by atoms with Gasteiger partial charge in [0.15, 0.2) is 11.6 Å². The first-order valence-corrected chi connectivity index (χ1v) is 5.46. The summed E-state index contributed by atoms with van der Waals surface area (Å²) in [6.07, 6.45) is -0.459. The Hall–Kier alpha value is -1.76. The molecule has 1 saturated heterocycles. The Balaban J connectivity index is 3.13. The molecule has 0 bridgehead atoms. The molecular formula is C11H15NO6. The molecule has 0 radical (unpaired) electrons. The first kappa shape index (κ1) is 14.3. The van der Waals surface area contributed by atoms with Gasteiger partial charge >= 0.3 is 11.9 Å². The number of carboxylic acid groups (broad SMARTS) is 1. The first-order chi connectivity index (χ1) is 8.20. The number of aliphatic carboxylic acids is 1. The molecule has 100 valence electrons. The van der Waals surface area contributed by atoms with Crippen LogP contribution in [0.1, 0.15) is 27.2 Å². The number of hydrogen-bond donors (Lipinski definition) is 2. The fraction of sp³-hybridized carbons (Fsp3) is 0.636. The number of hydroxylamine groups is 1. The van der Waals surface area contributed by atoms with E-state index in [4.69, 9.17) is 5.11 Å². The molecule has 3 atom stereocenters. The van der Waals surface area contributed by atoms with Crippen molar-refractivity contribution in [2.45, 2.75) is 33.2 Å². The van der Waals surface area contributed by atoms with Crippen LogP contribution in [0.15, 0.2) is 0 Å². The highest BCUT2D eigenvalue weighted by Crippen LogP contribution is 2.31. The zero-order valence-electron chi connectivity index (χ0n) is 10.4. The van der Waals surface area contributed by atoms with Crippen molar-refractivity contribution < 1.29 is 29.1 Å². The van der Waals surface area contributed by atoms with Crippen molar-refractivity contribution in [3.63, 3.8) is 0 Å². The molecule has 1 heterocycles. The SMILES string of the molecule is CC1NOC(=O)CC(C)(C(=O)C(C)C(=O)O)C1=O. The van der Waals surface area contributed by atoms with Crippen LogP contribution in [-0.4, -0.2) is 34.7 Å². The molecule has 0 amide bonds. The summed E-state index contributed by atoms with van der Waals surface area (Å²) in [5.41, 5.74) is 0.555. The van der Waals surface area contributed by atoms with Crippen molar-refractivity contribution in [1.82, 2.24) is 5.48 Å². The lowest BCUT2D eigenvalue weighted by molar-refractivity contribution is -0.156. The molecule has 1 rings (SSSR count). The molecule has 1 fully saturated rings. The van der Waals surface area contributed by atoms with Gasteiger partial charge in [-0.2, -0.15) is 0 Å². The lowest BCUT2D eigenvalue weighted by Gasteiger charge is -2.26. The number of nitrogens with one attached hydrogen (secondary N) is 1. The summed E-state index contributed by atoms with van der Waals surface area (Å²) in [7, 11) is 0. The largest absolute Gasteiger partial charge is 0.481 e. The fourth-order valence-corrected chi connectivity index (χ4v) is 1.90. The maximum Gasteiger partial charge on any atom is 0.326 e. The van der Waals surface area contributed by atoms with Crippen LogP contribution >= 0.6 is 0 Å². The van der Waals surface area contributed by atoms with E-state index in [1.165, 1.54) is 20.8 Å². The second-order valence-electron chi connectivity index (χ2n) is 4.61. The molecule has 18 heavy (non-hydrogen) atoms. The minimum atomic E-state index is -1.67. The van der Waals surface area contributed by atoms with Crippen molar-refractivity contribution in [2.24, 2.45) is 11.3 Å². The third kappa shape index (κ3) is 2.40. The van der Waals surface area contributed by atoms with Crippen LogP contribution in [0.5, 0.6) is 0 Å². The summed E-state index contributed by atoms with van der Waals surface area (Å²) in [6.45, 7) is 3.91. The van der Waals surface area contributed by atoms with Crippen LogP contribution in [0.2, 0.25) is 0 Å². The van der Waals surface area contributed by atoms with E-state index in [0.29, 0.717) is 0 Å². The highest BCUT2D eigenvalue weighted by atomic mass is 16.7. The van der Waals surface area contributed by atoms with Crippen LogP contribution in [0.25, 0.3) is 0 Å². The molecule has 0 aromatic rings. The van der Waals surface area contributed by atoms with E-state index in [-0.39, 0.29) is 0 Å². The Kier molecular flexibility index (Phi) is 3.85. The molecule has 7 nitrogen and oxygen atoms in total. The zero-order valence-corrected chi connectivity index (χ0v) is 10.4. The van der Waals surface area contributed by atoms with Crippen LogP contribution in [0.4, 0.5) is 0 Å². The molecule has 0 saturated carbocycles. The van der Waals surface area contributed by atoms with E-state index in [1.54, 1.807) is 0 Å². The van der Waals surface area contributed by atoms with Crippen molar-refractivity contribution >= 4 is 23.5 Å². The summed E-state index contributed by atoms with van der Waals surface area (Å²) in [5, 5.41) is 8.82. The van der Waals surface area contributed by atoms with E-state index in [2.05, 4.69) is 10.3 Å². The topological polar surface area (TPSA) is 110 Å². The van der Waals surface area contributed by atoms with Gasteiger partial charge in [-0.1, -0.05) is 0 Å². The van der Waals surface area contributed by atoms with E-state index < -0.39 is 47.3 Å². The van der Waals surface area contributed by atoms with E-state index in [1.807, 2.05) is 0 Å². The lowest BCUT2D eigenvalue weighted by atomic mass is 9.72. The number of hydrogen-bond acceptors (Lipinski definition) is 6. The highest BCUT2D eigenvalue weighted by molar-refractivity contribution is 6.15. The van der Waals surface area contributed by atoms with Crippen molar-refractivity contribution in [3.8, 4) is 0 Å². The van der Waals surface area contributed by atoms with Crippen LogP contribution in [-0.2, 0) is 24.0 Å². The van der Waals surface area contributed by atoms with Gasteiger partial charge in [-0.25, -0.2) is 0 Å². The third-order valence-corrected chi connectivity index (χ3v) is 3.09. The van der Waals surface area contributed by atoms with Crippen molar-refractivity contribution in [2.75, 3.05) is 0 Å². The normalized spacial score (nSPS) is 30.3. The number of ketones is 2. The van der Waals surface area contributed by atoms with E-state index in [0.717, 1.165) is 0 Å². The fourth-order valence-electron chi connectivity index (χ4n) is 1.90. The Bertz CT molecular complexity index is 418. The number of carbonyl (C=O) groups is 4. The predicted molar refractivity (Wildman–Crippen MR) is 58.2 cm³/mol. The average Bonchev–Trinajstić information content (AvgIpc) is 2.40. The Labute approximate surface area is 103 Å². The standard InChI is InChI=1S/C11H15NO6/c1-5(10(16)17)8(14)11(3)4-7(13)18-12-6(2)9(11)15/h5-6,12H,4H2,1-3H3,(H,16,17). The number of Topliss-reactive ketones (excluding diaryl/α,β-unsaturated/α-hetero) is 2. The van der Waals surface area contributed by atoms with Gasteiger partial charge in [0.05, 0.1) is 17.9 Å². The monoisotopic (exact) mass is 257 g/mol. The zero-order chi connectivity index (χ0) is 14.1. The minimum Gasteiger partial charge on any atom is -0.481 e. The van der Waals surface area contributed by atoms with E-state index in [9.17, 15) is 19.2 Å². The van der Waals surface area contributed by atoms with Crippen LogP contribution in [0, 0.1) is 11.3 Å². The van der Waals surface area contributed by atoms with E-state index >= 15 is 0 Å². The molecule has 3 unspecified atom stereocenters. The second kappa shape index (κ2) is 4.85. The molecular weight excluding hydrogens is 242 g/mol. The molecule has 1 aliphatic heterocycles. The predicted octanol–water partition coefficient (Wildman–Crippen LogP) is -0.308. The Morgan fingerprint density at radius 3 is 2.56 bits per heavy atom. The second-order valence-corrected chi connectivity index (χ2v) is 4.61. The van der Waals surface area contributed by atoms with Crippen LogP contribution < -0.4 is 5.48 Å². The van der Waals surface area contributed by atoms with Gasteiger partial charge in [-0.15, -0.1) is 5.48 Å². The van der Waals surface area contributed by atoms with Gasteiger partial charge in [-0.05, 0) is 20.8 Å². The van der Waals surface area contributed by atoms with Gasteiger partial charge in [-0.3, -0.25) is 19.2 Å². The molecule has 0 aliphatic carbocycles. The molecule has 0 spiro atoms. The lowest BCUT2D eigenvalue weighted by Crippen LogP contribution is -2.47. The quantitative estimate of drug-likeness (QED) is 0.667. The third-order valence-electron chi connectivity index (χ3n) is 3.09. The van der Waals surface area contributed by atoms with Gasteiger partial charge in [0.2, 0.25) is 0 Å². The van der Waals surface area contributed by atoms with Crippen molar-refractivity contribution in [1.29, 1.82) is 0 Å². The first-order valence-electron chi connectivity index (χ1n) is 5.46. The van der Waals surface area contributed by atoms with Gasteiger partial charge in [0.25, 0.3) is 0 Å². The average molecular weight is 257 g/mol. The van der Waals surface area contributed by atoms with Gasteiger partial charge < -0.3 is 9.94 Å². The number of rotatable bonds is 3. The summed E-state index contributed by atoms with van der Waals surface area (Å²) in [5.74, 6) is -4.77. The number of carbonyl (C=O) groups excluding carboxylic acids is 3.